The molecule has 0 saturated carbocycles. The summed E-state index contributed by atoms with van der Waals surface area (Å²) in [6.07, 6.45) is 4.33. The SMILES string of the molecule is CCCCCNC(=O)/C(C#N)=C/c1ccc(O)c(O)c1. The molecule has 0 fully saturated rings. The Labute approximate surface area is 118 Å². The van der Waals surface area contributed by atoms with Gasteiger partial charge < -0.3 is 15.5 Å². The van der Waals surface area contributed by atoms with Crippen molar-refractivity contribution >= 4 is 12.0 Å². The lowest BCUT2D eigenvalue weighted by atomic mass is 10.1. The summed E-state index contributed by atoms with van der Waals surface area (Å²) in [5.41, 5.74) is 0.437. The smallest absolute Gasteiger partial charge is 0.261 e. The molecule has 1 aromatic carbocycles. The summed E-state index contributed by atoms with van der Waals surface area (Å²) in [5.74, 6) is -0.972. The fraction of sp³-hybridized carbons (Fsp3) is 0.333. The van der Waals surface area contributed by atoms with Gasteiger partial charge in [0.1, 0.15) is 11.6 Å². The van der Waals surface area contributed by atoms with Crippen LogP contribution in [0.1, 0.15) is 31.7 Å². The van der Waals surface area contributed by atoms with Gasteiger partial charge in [-0.2, -0.15) is 5.26 Å². The predicted molar refractivity (Wildman–Crippen MR) is 75.9 cm³/mol. The van der Waals surface area contributed by atoms with Crippen molar-refractivity contribution in [1.29, 1.82) is 5.26 Å². The monoisotopic (exact) mass is 274 g/mol. The van der Waals surface area contributed by atoms with Crippen LogP contribution in [0.5, 0.6) is 11.5 Å². The van der Waals surface area contributed by atoms with Gasteiger partial charge in [0.25, 0.3) is 5.91 Å². The first kappa shape index (κ1) is 15.6. The quantitative estimate of drug-likeness (QED) is 0.321. The molecular weight excluding hydrogens is 256 g/mol. The van der Waals surface area contributed by atoms with Crippen LogP contribution in [0.4, 0.5) is 0 Å². The number of carbonyl (C=O) groups excluding carboxylic acids is 1. The lowest BCUT2D eigenvalue weighted by Crippen LogP contribution is -2.25. The molecule has 0 radical (unpaired) electrons. The summed E-state index contributed by atoms with van der Waals surface area (Å²) in [6.45, 7) is 2.60. The standard InChI is InChI=1S/C15H18N2O3/c1-2-3-4-7-17-15(20)12(10-16)8-11-5-6-13(18)14(19)9-11/h5-6,8-9,18-19H,2-4,7H2,1H3,(H,17,20)/b12-8+. The summed E-state index contributed by atoms with van der Waals surface area (Å²) >= 11 is 0. The van der Waals surface area contributed by atoms with E-state index in [1.807, 2.05) is 6.07 Å². The topological polar surface area (TPSA) is 93.4 Å². The van der Waals surface area contributed by atoms with E-state index in [0.717, 1.165) is 19.3 Å². The van der Waals surface area contributed by atoms with Crippen LogP contribution >= 0.6 is 0 Å². The fourth-order valence-corrected chi connectivity index (χ4v) is 1.62. The van der Waals surface area contributed by atoms with Crippen molar-refractivity contribution in [3.05, 3.63) is 29.3 Å². The maximum absolute atomic E-state index is 11.8. The Morgan fingerprint density at radius 2 is 2.10 bits per heavy atom. The van der Waals surface area contributed by atoms with Crippen molar-refractivity contribution in [3.63, 3.8) is 0 Å². The van der Waals surface area contributed by atoms with Crippen LogP contribution in [-0.2, 0) is 4.79 Å². The molecule has 5 nitrogen and oxygen atoms in total. The van der Waals surface area contributed by atoms with Gasteiger partial charge in [-0.1, -0.05) is 25.8 Å². The third kappa shape index (κ3) is 4.65. The van der Waals surface area contributed by atoms with E-state index in [-0.39, 0.29) is 17.1 Å². The highest BCUT2D eigenvalue weighted by molar-refractivity contribution is 6.01. The van der Waals surface area contributed by atoms with Crippen LogP contribution in [0.25, 0.3) is 6.08 Å². The number of nitrogens with one attached hydrogen (secondary N) is 1. The molecule has 0 aliphatic heterocycles. The van der Waals surface area contributed by atoms with Crippen molar-refractivity contribution in [2.75, 3.05) is 6.54 Å². The van der Waals surface area contributed by atoms with E-state index in [4.69, 9.17) is 5.26 Å². The molecule has 1 amide bonds. The first-order valence-electron chi connectivity index (χ1n) is 6.50. The Morgan fingerprint density at radius 1 is 1.35 bits per heavy atom. The molecule has 0 aliphatic carbocycles. The Kier molecular flexibility index (Phi) is 6.11. The van der Waals surface area contributed by atoms with Crippen molar-refractivity contribution in [2.24, 2.45) is 0 Å². The zero-order chi connectivity index (χ0) is 15.0. The molecule has 1 aromatic rings. The van der Waals surface area contributed by atoms with Gasteiger partial charge in [0, 0.05) is 6.54 Å². The Morgan fingerprint density at radius 3 is 2.70 bits per heavy atom. The molecule has 0 saturated heterocycles. The number of rotatable bonds is 6. The summed E-state index contributed by atoms with van der Waals surface area (Å²) in [6, 6.07) is 5.93. The molecular formula is C15H18N2O3. The van der Waals surface area contributed by atoms with E-state index in [9.17, 15) is 15.0 Å². The van der Waals surface area contributed by atoms with E-state index in [1.165, 1.54) is 24.3 Å². The van der Waals surface area contributed by atoms with Gasteiger partial charge >= 0.3 is 0 Å². The summed E-state index contributed by atoms with van der Waals surface area (Å²) in [4.78, 5) is 11.8. The number of benzene rings is 1. The second kappa shape index (κ2) is 7.85. The Balaban J connectivity index is 2.74. The number of hydrogen-bond acceptors (Lipinski definition) is 4. The van der Waals surface area contributed by atoms with Crippen LogP contribution < -0.4 is 5.32 Å². The van der Waals surface area contributed by atoms with E-state index in [1.54, 1.807) is 0 Å². The number of aromatic hydroxyl groups is 2. The average Bonchev–Trinajstić information content (AvgIpc) is 2.44. The van der Waals surface area contributed by atoms with Crippen molar-refractivity contribution in [3.8, 4) is 17.6 Å². The van der Waals surface area contributed by atoms with Gasteiger partial charge in [-0.25, -0.2) is 0 Å². The molecule has 106 valence electrons. The van der Waals surface area contributed by atoms with Gasteiger partial charge in [-0.3, -0.25) is 4.79 Å². The molecule has 20 heavy (non-hydrogen) atoms. The van der Waals surface area contributed by atoms with E-state index < -0.39 is 5.91 Å². The molecule has 1 rings (SSSR count). The van der Waals surface area contributed by atoms with E-state index in [0.29, 0.717) is 12.1 Å². The minimum absolute atomic E-state index is 0.0356. The molecule has 3 N–H and O–H groups in total. The lowest BCUT2D eigenvalue weighted by Gasteiger charge is -2.04. The number of unbranched alkanes of at least 4 members (excludes halogenated alkanes) is 2. The highest BCUT2D eigenvalue weighted by Gasteiger charge is 2.08. The normalized spacial score (nSPS) is 10.9. The van der Waals surface area contributed by atoms with E-state index >= 15 is 0 Å². The second-order valence-corrected chi connectivity index (χ2v) is 4.38. The number of phenols is 2. The largest absolute Gasteiger partial charge is 0.504 e. The molecule has 0 aromatic heterocycles. The van der Waals surface area contributed by atoms with Gasteiger partial charge in [0.05, 0.1) is 0 Å². The molecule has 0 spiro atoms. The number of hydrogen-bond donors (Lipinski definition) is 3. The number of phenolic OH excluding ortho intramolecular Hbond substituents is 2. The number of nitriles is 1. The zero-order valence-electron chi connectivity index (χ0n) is 11.4. The van der Waals surface area contributed by atoms with E-state index in [2.05, 4.69) is 12.2 Å². The highest BCUT2D eigenvalue weighted by Crippen LogP contribution is 2.25. The first-order valence-corrected chi connectivity index (χ1v) is 6.50. The molecule has 5 heteroatoms. The van der Waals surface area contributed by atoms with Crippen LogP contribution in [0.15, 0.2) is 23.8 Å². The maximum atomic E-state index is 11.8. The Bertz CT molecular complexity index is 545. The van der Waals surface area contributed by atoms with Gasteiger partial charge in [0.15, 0.2) is 11.5 Å². The zero-order valence-corrected chi connectivity index (χ0v) is 11.4. The molecule has 0 aliphatic rings. The van der Waals surface area contributed by atoms with Crippen LogP contribution in [-0.4, -0.2) is 22.7 Å². The van der Waals surface area contributed by atoms with Crippen molar-refractivity contribution in [1.82, 2.24) is 5.32 Å². The number of nitrogens with zero attached hydrogens (tertiary/aromatic N) is 1. The lowest BCUT2D eigenvalue weighted by molar-refractivity contribution is -0.117. The molecule has 0 heterocycles. The maximum Gasteiger partial charge on any atom is 0.261 e. The molecule has 0 atom stereocenters. The van der Waals surface area contributed by atoms with Gasteiger partial charge in [0.2, 0.25) is 0 Å². The van der Waals surface area contributed by atoms with Gasteiger partial charge in [-0.15, -0.1) is 0 Å². The molecule has 0 bridgehead atoms. The first-order chi connectivity index (χ1) is 9.58. The second-order valence-electron chi connectivity index (χ2n) is 4.38. The van der Waals surface area contributed by atoms with Crippen molar-refractivity contribution < 1.29 is 15.0 Å². The number of carbonyl (C=O) groups is 1. The third-order valence-corrected chi connectivity index (χ3v) is 2.74. The number of amides is 1. The summed E-state index contributed by atoms with van der Waals surface area (Å²) < 4.78 is 0. The van der Waals surface area contributed by atoms with Crippen LogP contribution in [0.3, 0.4) is 0 Å². The minimum atomic E-state index is -0.434. The van der Waals surface area contributed by atoms with Gasteiger partial charge in [-0.05, 0) is 30.2 Å². The van der Waals surface area contributed by atoms with Crippen LogP contribution in [0.2, 0.25) is 0 Å². The van der Waals surface area contributed by atoms with Crippen LogP contribution in [0, 0.1) is 11.3 Å². The highest BCUT2D eigenvalue weighted by atomic mass is 16.3. The van der Waals surface area contributed by atoms with Crippen molar-refractivity contribution in [2.45, 2.75) is 26.2 Å². The minimum Gasteiger partial charge on any atom is -0.504 e. The predicted octanol–water partition coefficient (Wildman–Crippen LogP) is 2.31. The third-order valence-electron chi connectivity index (χ3n) is 2.74. The summed E-state index contributed by atoms with van der Waals surface area (Å²) in [5, 5.41) is 30.2. The average molecular weight is 274 g/mol. The molecule has 0 unspecified atom stereocenters. The fourth-order valence-electron chi connectivity index (χ4n) is 1.62. The Hall–Kier alpha value is -2.48. The summed E-state index contributed by atoms with van der Waals surface area (Å²) in [7, 11) is 0.